The molecule has 0 radical (unpaired) electrons. The molecular weight excluding hydrogens is 359 g/mol. The Kier molecular flexibility index (Phi) is 8.98. The number of anilines is 1. The van der Waals surface area contributed by atoms with E-state index in [9.17, 15) is 9.59 Å². The predicted molar refractivity (Wildman–Crippen MR) is 94.0 cm³/mol. The van der Waals surface area contributed by atoms with E-state index in [1.54, 1.807) is 0 Å². The van der Waals surface area contributed by atoms with Crippen molar-refractivity contribution in [1.82, 2.24) is 4.98 Å². The number of carbonyl (C=O) groups excluding carboxylic acids is 2. The number of nitrogens with two attached hydrogens (primary N) is 2. The Morgan fingerprint density at radius 3 is 2.50 bits per heavy atom. The maximum absolute atomic E-state index is 12.5. The van der Waals surface area contributed by atoms with Crippen molar-refractivity contribution in [3.63, 3.8) is 0 Å². The maximum Gasteiger partial charge on any atom is 0.254 e. The first-order valence-corrected chi connectivity index (χ1v) is 6.95. The van der Waals surface area contributed by atoms with Crippen molar-refractivity contribution in [1.29, 1.82) is 0 Å². The predicted octanol–water partition coefficient (Wildman–Crippen LogP) is 0.727. The lowest BCUT2D eigenvalue weighted by atomic mass is 9.79. The van der Waals surface area contributed by atoms with Crippen LogP contribution in [0, 0.1) is 5.41 Å². The Hall–Kier alpha value is -1.61. The molecule has 0 aliphatic carbocycles. The minimum Gasteiger partial charge on any atom is -0.480 e. The Bertz CT molecular complexity index is 580. The minimum absolute atomic E-state index is 0. The number of pyridine rings is 1. The molecule has 8 nitrogen and oxygen atoms in total. The van der Waals surface area contributed by atoms with Crippen LogP contribution < -0.4 is 21.5 Å². The zero-order valence-corrected chi connectivity index (χ0v) is 14.9. The van der Waals surface area contributed by atoms with Gasteiger partial charge in [0, 0.05) is 19.8 Å². The van der Waals surface area contributed by atoms with Crippen molar-refractivity contribution in [3.8, 4) is 5.88 Å². The molecule has 0 unspecified atom stereocenters. The molecule has 24 heavy (non-hydrogen) atoms. The maximum atomic E-state index is 12.5. The van der Waals surface area contributed by atoms with Crippen LogP contribution >= 0.6 is 24.8 Å². The summed E-state index contributed by atoms with van der Waals surface area (Å²) in [5.74, 6) is -0.772. The summed E-state index contributed by atoms with van der Waals surface area (Å²) < 4.78 is 10.2. The molecule has 0 aromatic carbocycles. The fourth-order valence-electron chi connectivity index (χ4n) is 2.41. The molecule has 1 aliphatic rings. The summed E-state index contributed by atoms with van der Waals surface area (Å²) in [7, 11) is 1.39. The van der Waals surface area contributed by atoms with E-state index in [1.165, 1.54) is 19.4 Å². The second-order valence-corrected chi connectivity index (χ2v) is 5.20. The van der Waals surface area contributed by atoms with Gasteiger partial charge in [-0.2, -0.15) is 0 Å². The average Bonchev–Trinajstić information content (AvgIpc) is 2.55. The molecule has 0 atom stereocenters. The van der Waals surface area contributed by atoms with Crippen molar-refractivity contribution < 1.29 is 19.1 Å². The van der Waals surface area contributed by atoms with Crippen LogP contribution in [0.1, 0.15) is 23.2 Å². The Labute approximate surface area is 152 Å². The zero-order chi connectivity index (χ0) is 16.2. The molecule has 1 aliphatic heterocycles. The third kappa shape index (κ3) is 4.70. The van der Waals surface area contributed by atoms with Crippen molar-refractivity contribution in [2.75, 3.05) is 32.2 Å². The molecule has 0 bridgehead atoms. The number of nitrogens with zero attached hydrogens (tertiary/aromatic N) is 1. The van der Waals surface area contributed by atoms with E-state index in [2.05, 4.69) is 10.3 Å². The molecule has 1 saturated heterocycles. The molecule has 0 spiro atoms. The number of aromatic nitrogens is 1. The van der Waals surface area contributed by atoms with Crippen LogP contribution in [0.25, 0.3) is 0 Å². The van der Waals surface area contributed by atoms with Crippen molar-refractivity contribution in [3.05, 3.63) is 17.8 Å². The first kappa shape index (κ1) is 22.4. The summed E-state index contributed by atoms with van der Waals surface area (Å²) in [6, 6.07) is 1.44. The fraction of sp³-hybridized carbons (Fsp3) is 0.500. The van der Waals surface area contributed by atoms with Gasteiger partial charge >= 0.3 is 0 Å². The molecule has 2 heterocycles. The Morgan fingerprint density at radius 2 is 2.00 bits per heavy atom. The van der Waals surface area contributed by atoms with Crippen LogP contribution in [0.2, 0.25) is 0 Å². The molecule has 5 N–H and O–H groups in total. The number of rotatable bonds is 5. The summed E-state index contributed by atoms with van der Waals surface area (Å²) in [4.78, 5) is 27.9. The van der Waals surface area contributed by atoms with Crippen LogP contribution in [0.5, 0.6) is 5.88 Å². The normalized spacial score (nSPS) is 15.4. The monoisotopic (exact) mass is 380 g/mol. The number of nitrogens with one attached hydrogen (secondary N) is 1. The van der Waals surface area contributed by atoms with Crippen molar-refractivity contribution in [2.24, 2.45) is 16.9 Å². The Balaban J connectivity index is 0.00000264. The quantitative estimate of drug-likeness (QED) is 0.689. The van der Waals surface area contributed by atoms with Gasteiger partial charge in [-0.3, -0.25) is 9.59 Å². The highest BCUT2D eigenvalue weighted by molar-refractivity contribution is 5.99. The highest BCUT2D eigenvalue weighted by atomic mass is 35.5. The van der Waals surface area contributed by atoms with Crippen LogP contribution in [-0.4, -0.2) is 43.7 Å². The largest absolute Gasteiger partial charge is 0.480 e. The van der Waals surface area contributed by atoms with Gasteiger partial charge in [0.25, 0.3) is 5.91 Å². The van der Waals surface area contributed by atoms with Gasteiger partial charge in [-0.15, -0.1) is 24.8 Å². The lowest BCUT2D eigenvalue weighted by Crippen LogP contribution is -2.46. The van der Waals surface area contributed by atoms with Gasteiger partial charge in [0.1, 0.15) is 5.56 Å². The van der Waals surface area contributed by atoms with Gasteiger partial charge < -0.3 is 26.3 Å². The van der Waals surface area contributed by atoms with E-state index < -0.39 is 11.3 Å². The molecule has 0 saturated carbocycles. The van der Waals surface area contributed by atoms with Gasteiger partial charge in [0.2, 0.25) is 11.8 Å². The molecule has 136 valence electrons. The highest BCUT2D eigenvalue weighted by Crippen LogP contribution is 2.31. The van der Waals surface area contributed by atoms with Crippen molar-refractivity contribution >= 4 is 42.3 Å². The lowest BCUT2D eigenvalue weighted by Gasteiger charge is -2.34. The summed E-state index contributed by atoms with van der Waals surface area (Å²) in [5.41, 5.74) is 10.9. The SMILES string of the molecule is COc1ncc(NC(=O)C2(CN)CCOCC2)cc1C(N)=O.Cl.Cl. The van der Waals surface area contributed by atoms with E-state index in [0.717, 1.165) is 0 Å². The number of methoxy groups -OCH3 is 1. The smallest absolute Gasteiger partial charge is 0.254 e. The van der Waals surface area contributed by atoms with Crippen LogP contribution in [-0.2, 0) is 9.53 Å². The van der Waals surface area contributed by atoms with Crippen LogP contribution in [0.3, 0.4) is 0 Å². The first-order chi connectivity index (χ1) is 10.5. The number of amides is 2. The third-order valence-corrected chi connectivity index (χ3v) is 3.89. The van der Waals surface area contributed by atoms with Gasteiger partial charge in [0.15, 0.2) is 0 Å². The Morgan fingerprint density at radius 1 is 1.38 bits per heavy atom. The standard InChI is InChI=1S/C14H20N4O4.2ClH/c1-21-12-10(11(16)19)6-9(7-17-12)18-13(20)14(8-15)2-4-22-5-3-14;;/h6-7H,2-5,8,15H2,1H3,(H2,16,19)(H,18,20);2*1H. The summed E-state index contributed by atoms with van der Waals surface area (Å²) in [6.45, 7) is 1.23. The third-order valence-electron chi connectivity index (χ3n) is 3.89. The topological polar surface area (TPSA) is 130 Å². The van der Waals surface area contributed by atoms with E-state index in [4.69, 9.17) is 20.9 Å². The number of primary amides is 1. The van der Waals surface area contributed by atoms with Gasteiger partial charge in [-0.1, -0.05) is 0 Å². The second kappa shape index (κ2) is 9.63. The van der Waals surface area contributed by atoms with Crippen LogP contribution in [0.15, 0.2) is 12.3 Å². The number of hydrogen-bond donors (Lipinski definition) is 3. The molecule has 10 heteroatoms. The number of ether oxygens (including phenoxy) is 2. The molecule has 1 aromatic heterocycles. The van der Waals surface area contributed by atoms with Gasteiger partial charge in [-0.05, 0) is 18.9 Å². The summed E-state index contributed by atoms with van der Waals surface area (Å²) in [5, 5.41) is 2.75. The van der Waals surface area contributed by atoms with E-state index in [-0.39, 0.29) is 48.7 Å². The molecule has 1 fully saturated rings. The fourth-order valence-corrected chi connectivity index (χ4v) is 2.41. The second-order valence-electron chi connectivity index (χ2n) is 5.20. The van der Waals surface area contributed by atoms with Gasteiger partial charge in [-0.25, -0.2) is 4.98 Å². The summed E-state index contributed by atoms with van der Waals surface area (Å²) in [6.07, 6.45) is 2.52. The highest BCUT2D eigenvalue weighted by Gasteiger charge is 2.38. The van der Waals surface area contributed by atoms with Crippen LogP contribution in [0.4, 0.5) is 5.69 Å². The number of halogens is 2. The van der Waals surface area contributed by atoms with Gasteiger partial charge in [0.05, 0.1) is 24.4 Å². The average molecular weight is 381 g/mol. The number of carbonyl (C=O) groups is 2. The zero-order valence-electron chi connectivity index (χ0n) is 13.2. The van der Waals surface area contributed by atoms with E-state index in [0.29, 0.717) is 31.7 Å². The molecule has 1 aromatic rings. The van der Waals surface area contributed by atoms with E-state index >= 15 is 0 Å². The van der Waals surface area contributed by atoms with E-state index in [1.807, 2.05) is 0 Å². The summed E-state index contributed by atoms with van der Waals surface area (Å²) >= 11 is 0. The minimum atomic E-state index is -0.681. The molecule has 2 rings (SSSR count). The molecular formula is C14H22Cl2N4O4. The molecule has 2 amide bonds. The van der Waals surface area contributed by atoms with Crippen molar-refractivity contribution in [2.45, 2.75) is 12.8 Å². The lowest BCUT2D eigenvalue weighted by molar-refractivity contribution is -0.130. The number of hydrogen-bond acceptors (Lipinski definition) is 6. The first-order valence-electron chi connectivity index (χ1n) is 6.95.